The number of nitrogens with zero attached hydrogens (tertiary/aromatic N) is 1. The molecule has 0 heterocycles. The van der Waals surface area contributed by atoms with Gasteiger partial charge in [0, 0.05) is 25.0 Å². The molecule has 270 valence electrons. The van der Waals surface area contributed by atoms with E-state index in [2.05, 4.69) is 46.0 Å². The predicted molar refractivity (Wildman–Crippen MR) is 186 cm³/mol. The average Bonchev–Trinajstić information content (AvgIpc) is 3.32. The summed E-state index contributed by atoms with van der Waals surface area (Å²) in [6, 6.07) is 0. The normalized spacial score (nSPS) is 33.0. The van der Waals surface area contributed by atoms with Crippen molar-refractivity contribution in [2.24, 2.45) is 46.3 Å². The molecular weight excluding hydrogens is 612 g/mol. The molecule has 3 fully saturated rings. The molecule has 47 heavy (non-hydrogen) atoms. The first-order chi connectivity index (χ1) is 21.9. The van der Waals surface area contributed by atoms with Crippen molar-refractivity contribution in [3.63, 3.8) is 0 Å². The van der Waals surface area contributed by atoms with Crippen LogP contribution in [0.25, 0.3) is 0 Å². The molecule has 0 aliphatic heterocycles. The van der Waals surface area contributed by atoms with Crippen molar-refractivity contribution in [1.29, 1.82) is 0 Å². The summed E-state index contributed by atoms with van der Waals surface area (Å²) in [6.45, 7) is 13.9. The van der Waals surface area contributed by atoms with Gasteiger partial charge in [-0.25, -0.2) is 8.42 Å². The molecule has 8 atom stereocenters. The van der Waals surface area contributed by atoms with E-state index in [0.717, 1.165) is 54.8 Å². The Labute approximate surface area is 286 Å². The van der Waals surface area contributed by atoms with E-state index in [1.165, 1.54) is 56.9 Å². The molecule has 0 bridgehead atoms. The maximum atomic E-state index is 12.8. The summed E-state index contributed by atoms with van der Waals surface area (Å²) >= 11 is 0. The van der Waals surface area contributed by atoms with E-state index < -0.39 is 10.1 Å². The summed E-state index contributed by atoms with van der Waals surface area (Å²) in [5, 5.41) is 2.86. The van der Waals surface area contributed by atoms with E-state index in [-0.39, 0.29) is 48.4 Å². The highest BCUT2D eigenvalue weighted by molar-refractivity contribution is 7.85. The van der Waals surface area contributed by atoms with Crippen molar-refractivity contribution in [3.05, 3.63) is 11.6 Å². The monoisotopic (exact) mass is 678 g/mol. The molecule has 3 saturated carbocycles. The number of esters is 1. The molecule has 0 aromatic rings. The highest BCUT2D eigenvalue weighted by Crippen LogP contribution is 2.67. The van der Waals surface area contributed by atoms with Crippen LogP contribution < -0.4 is 5.32 Å². The number of fused-ring (bicyclic) bond motifs is 5. The lowest BCUT2D eigenvalue weighted by Crippen LogP contribution is -2.51. The summed E-state index contributed by atoms with van der Waals surface area (Å²) in [4.78, 5) is 25.2. The van der Waals surface area contributed by atoms with Gasteiger partial charge in [-0.15, -0.1) is 0 Å². The van der Waals surface area contributed by atoms with E-state index in [1.54, 1.807) is 0 Å². The predicted octanol–water partition coefficient (Wildman–Crippen LogP) is 6.85. The number of likely N-dealkylation sites (N-methyl/N-ethyl adjacent to an activating group) is 1. The van der Waals surface area contributed by atoms with Crippen LogP contribution in [0.3, 0.4) is 0 Å². The molecule has 1 amide bonds. The molecular formula is C38H66N2O6S. The van der Waals surface area contributed by atoms with Crippen molar-refractivity contribution in [3.8, 4) is 0 Å². The summed E-state index contributed by atoms with van der Waals surface area (Å²) in [5.74, 6) is 3.98. The average molecular weight is 679 g/mol. The molecule has 4 aliphatic carbocycles. The van der Waals surface area contributed by atoms with Gasteiger partial charge in [0.1, 0.15) is 6.10 Å². The maximum Gasteiger partial charge on any atom is 0.306 e. The second-order valence-electron chi connectivity index (χ2n) is 17.5. The van der Waals surface area contributed by atoms with Gasteiger partial charge in [0.15, 0.2) is 0 Å². The Morgan fingerprint density at radius 3 is 2.45 bits per heavy atom. The molecule has 0 aromatic carbocycles. The van der Waals surface area contributed by atoms with Gasteiger partial charge in [0.05, 0.1) is 50.3 Å². The van der Waals surface area contributed by atoms with E-state index in [1.807, 2.05) is 14.1 Å². The Balaban J connectivity index is 1.22. The number of ether oxygens (including phenoxy) is 1. The Bertz CT molecular complexity index is 1230. The zero-order chi connectivity index (χ0) is 34.6. The van der Waals surface area contributed by atoms with E-state index in [9.17, 15) is 22.6 Å². The van der Waals surface area contributed by atoms with Gasteiger partial charge in [-0.2, -0.15) is 0 Å². The molecule has 3 unspecified atom stereocenters. The number of quaternary nitrogens is 1. The Hall–Kier alpha value is -1.45. The standard InChI is InChI=1S/C38H66N2O6S/c1-27(2)10-8-11-28(3)32-14-15-33-31-13-12-29-26-30(18-20-37(29,4)34(31)19-21-38(32,33)5)46-36(42)17-16-35(41)39-22-24-40(6,7)23-9-25-47(43,44)45/h12,27-28,30-34H,8-11,13-26H2,1-7H3,(H-,39,41,43,44,45)/t28-,30+,31+,32?,33?,34?,37+,38-/m1/s1. The van der Waals surface area contributed by atoms with Gasteiger partial charge in [0.25, 0.3) is 0 Å². The third kappa shape index (κ3) is 9.84. The number of carbonyl (C=O) groups excluding carboxylic acids is 2. The lowest BCUT2D eigenvalue weighted by atomic mass is 9.47. The van der Waals surface area contributed by atoms with Crippen LogP contribution in [0.1, 0.15) is 125 Å². The van der Waals surface area contributed by atoms with Crippen LogP contribution in [0.15, 0.2) is 11.6 Å². The van der Waals surface area contributed by atoms with Crippen LogP contribution in [-0.2, 0) is 24.4 Å². The molecule has 8 nitrogen and oxygen atoms in total. The van der Waals surface area contributed by atoms with Crippen LogP contribution in [0.2, 0.25) is 0 Å². The quantitative estimate of drug-likeness (QED) is 0.0828. The summed E-state index contributed by atoms with van der Waals surface area (Å²) < 4.78 is 39.0. The van der Waals surface area contributed by atoms with Crippen molar-refractivity contribution in [2.75, 3.05) is 39.5 Å². The molecule has 1 N–H and O–H groups in total. The van der Waals surface area contributed by atoms with Crippen molar-refractivity contribution < 1.29 is 31.8 Å². The zero-order valence-corrected chi connectivity index (χ0v) is 31.5. The van der Waals surface area contributed by atoms with E-state index in [4.69, 9.17) is 4.74 Å². The van der Waals surface area contributed by atoms with Crippen LogP contribution in [0.5, 0.6) is 0 Å². The number of nitrogens with one attached hydrogen (secondary N) is 1. The van der Waals surface area contributed by atoms with Crippen molar-refractivity contribution in [1.82, 2.24) is 5.32 Å². The Morgan fingerprint density at radius 2 is 1.74 bits per heavy atom. The minimum absolute atomic E-state index is 0.0697. The fourth-order valence-electron chi connectivity index (χ4n) is 10.6. The number of allylic oxidation sites excluding steroid dienone is 1. The number of hydrogen-bond donors (Lipinski definition) is 1. The van der Waals surface area contributed by atoms with E-state index >= 15 is 0 Å². The Kier molecular flexibility index (Phi) is 12.7. The summed E-state index contributed by atoms with van der Waals surface area (Å²) in [5.41, 5.74) is 2.20. The minimum atomic E-state index is -4.21. The van der Waals surface area contributed by atoms with Gasteiger partial charge >= 0.3 is 5.97 Å². The van der Waals surface area contributed by atoms with Crippen LogP contribution in [0, 0.1) is 46.3 Å². The van der Waals surface area contributed by atoms with Crippen molar-refractivity contribution >= 4 is 22.0 Å². The fourth-order valence-corrected chi connectivity index (χ4v) is 11.1. The summed E-state index contributed by atoms with van der Waals surface area (Å²) in [6.07, 6.45) is 16.5. The first-order valence-electron chi connectivity index (χ1n) is 18.8. The van der Waals surface area contributed by atoms with Gasteiger partial charge in [-0.1, -0.05) is 65.5 Å². The second-order valence-corrected chi connectivity index (χ2v) is 19.0. The topological polar surface area (TPSA) is 113 Å². The summed E-state index contributed by atoms with van der Waals surface area (Å²) in [7, 11) is -0.341. The minimum Gasteiger partial charge on any atom is -0.748 e. The molecule has 9 heteroatoms. The highest BCUT2D eigenvalue weighted by Gasteiger charge is 2.59. The lowest BCUT2D eigenvalue weighted by molar-refractivity contribution is -0.889. The Morgan fingerprint density at radius 1 is 1.00 bits per heavy atom. The maximum absolute atomic E-state index is 12.8. The smallest absolute Gasteiger partial charge is 0.306 e. The SMILES string of the molecule is CC(C)CCC[C@@H](C)C1CCC2[C@@H]3CC=C4C[C@@H](OC(=O)CCC(=O)NCC[N+](C)(C)CCCS(=O)(=O)[O-])CC[C@]4(C)C3CC[C@@]21C. The molecule has 0 saturated heterocycles. The number of hydrogen-bond acceptors (Lipinski definition) is 6. The lowest BCUT2D eigenvalue weighted by Gasteiger charge is -2.58. The number of carbonyl (C=O) groups is 2. The van der Waals surface area contributed by atoms with E-state index in [0.29, 0.717) is 29.5 Å². The van der Waals surface area contributed by atoms with Crippen LogP contribution >= 0.6 is 0 Å². The first kappa shape index (κ1) is 38.4. The first-order valence-corrected chi connectivity index (χ1v) is 20.4. The van der Waals surface area contributed by atoms with Crippen molar-refractivity contribution in [2.45, 2.75) is 131 Å². The third-order valence-electron chi connectivity index (χ3n) is 13.3. The molecule has 0 aromatic heterocycles. The molecule has 0 spiro atoms. The molecule has 4 rings (SSSR count). The third-order valence-corrected chi connectivity index (χ3v) is 14.1. The molecule has 4 aliphatic rings. The van der Waals surface area contributed by atoms with Crippen LogP contribution in [-0.4, -0.2) is 74.9 Å². The zero-order valence-electron chi connectivity index (χ0n) is 30.7. The van der Waals surface area contributed by atoms with Gasteiger partial charge in [-0.3, -0.25) is 9.59 Å². The highest BCUT2D eigenvalue weighted by atomic mass is 32.2. The number of amides is 1. The van der Waals surface area contributed by atoms with Crippen LogP contribution in [0.4, 0.5) is 0 Å². The van der Waals surface area contributed by atoms with Gasteiger partial charge in [0.2, 0.25) is 5.91 Å². The largest absolute Gasteiger partial charge is 0.748 e. The van der Waals surface area contributed by atoms with Gasteiger partial charge < -0.3 is 19.1 Å². The number of rotatable bonds is 16. The van der Waals surface area contributed by atoms with Gasteiger partial charge in [-0.05, 0) is 91.3 Å². The molecule has 0 radical (unpaired) electrons. The second kappa shape index (κ2) is 15.6. The fraction of sp³-hybridized carbons (Fsp3) is 0.895.